The van der Waals surface area contributed by atoms with Gasteiger partial charge in [0.05, 0.1) is 5.56 Å². The van der Waals surface area contributed by atoms with Crippen LogP contribution in [0.2, 0.25) is 0 Å². The highest BCUT2D eigenvalue weighted by Gasteiger charge is 2.10. The number of ether oxygens (including phenoxy) is 1. The van der Waals surface area contributed by atoms with E-state index in [0.29, 0.717) is 11.3 Å². The van der Waals surface area contributed by atoms with E-state index in [0.717, 1.165) is 10.0 Å². The van der Waals surface area contributed by atoms with E-state index in [9.17, 15) is 9.59 Å². The van der Waals surface area contributed by atoms with Crippen molar-refractivity contribution in [2.24, 2.45) is 0 Å². The van der Waals surface area contributed by atoms with E-state index < -0.39 is 5.97 Å². The van der Waals surface area contributed by atoms with E-state index in [1.165, 1.54) is 24.5 Å². The number of anilines is 1. The van der Waals surface area contributed by atoms with Crippen LogP contribution in [0.25, 0.3) is 0 Å². The van der Waals surface area contributed by atoms with Crippen LogP contribution in [0.4, 0.5) is 5.69 Å². The zero-order valence-electron chi connectivity index (χ0n) is 11.3. The quantitative estimate of drug-likeness (QED) is 0.862. The van der Waals surface area contributed by atoms with Crippen LogP contribution < -0.4 is 5.32 Å². The Morgan fingerprint density at radius 1 is 1.24 bits per heavy atom. The first-order valence-corrected chi connectivity index (χ1v) is 6.99. The van der Waals surface area contributed by atoms with Crippen LogP contribution in [0.1, 0.15) is 15.9 Å². The molecule has 1 aromatic carbocycles. The van der Waals surface area contributed by atoms with E-state index in [2.05, 4.69) is 26.2 Å². The van der Waals surface area contributed by atoms with Crippen LogP contribution in [-0.4, -0.2) is 23.5 Å². The number of halogens is 1. The number of pyridine rings is 1. The number of amides is 1. The van der Waals surface area contributed by atoms with Crippen molar-refractivity contribution in [2.75, 3.05) is 11.9 Å². The van der Waals surface area contributed by atoms with Gasteiger partial charge in [-0.3, -0.25) is 9.78 Å². The standard InChI is InChI=1S/C15H13BrN2O3/c1-10-8-12(16)2-3-13(10)18-14(19)9-21-15(20)11-4-6-17-7-5-11/h2-8H,9H2,1H3,(H,18,19). The zero-order chi connectivity index (χ0) is 15.2. The molecule has 2 aromatic rings. The Labute approximate surface area is 130 Å². The van der Waals surface area contributed by atoms with Crippen molar-refractivity contribution in [2.45, 2.75) is 6.92 Å². The summed E-state index contributed by atoms with van der Waals surface area (Å²) in [6.45, 7) is 1.54. The number of rotatable bonds is 4. The summed E-state index contributed by atoms with van der Waals surface area (Å²) in [5.41, 5.74) is 1.96. The molecule has 0 unspecified atom stereocenters. The first-order chi connectivity index (χ1) is 10.1. The predicted octanol–water partition coefficient (Wildman–Crippen LogP) is 2.95. The molecule has 21 heavy (non-hydrogen) atoms. The summed E-state index contributed by atoms with van der Waals surface area (Å²) >= 11 is 3.35. The molecular weight excluding hydrogens is 336 g/mol. The molecule has 6 heteroatoms. The average Bonchev–Trinajstić information content (AvgIpc) is 2.48. The van der Waals surface area contributed by atoms with Crippen LogP contribution >= 0.6 is 15.9 Å². The lowest BCUT2D eigenvalue weighted by molar-refractivity contribution is -0.119. The SMILES string of the molecule is Cc1cc(Br)ccc1NC(=O)COC(=O)c1ccncc1. The molecule has 1 N–H and O–H groups in total. The number of nitrogens with one attached hydrogen (secondary N) is 1. The van der Waals surface area contributed by atoms with E-state index in [1.54, 1.807) is 6.07 Å². The molecule has 2 rings (SSSR count). The predicted molar refractivity (Wildman–Crippen MR) is 82.0 cm³/mol. The molecule has 0 atom stereocenters. The molecule has 0 fully saturated rings. The number of carbonyl (C=O) groups excluding carboxylic acids is 2. The number of aryl methyl sites for hydroxylation is 1. The molecule has 0 aliphatic rings. The third-order valence-electron chi connectivity index (χ3n) is 2.71. The summed E-state index contributed by atoms with van der Waals surface area (Å²) < 4.78 is 5.87. The van der Waals surface area contributed by atoms with Gasteiger partial charge in [0.15, 0.2) is 6.61 Å². The number of benzene rings is 1. The average molecular weight is 349 g/mol. The summed E-state index contributed by atoms with van der Waals surface area (Å²) in [5.74, 6) is -0.942. The second kappa shape index (κ2) is 6.99. The first-order valence-electron chi connectivity index (χ1n) is 6.19. The van der Waals surface area contributed by atoms with Crippen molar-refractivity contribution in [3.8, 4) is 0 Å². The fourth-order valence-corrected chi connectivity index (χ4v) is 2.13. The maximum absolute atomic E-state index is 11.8. The lowest BCUT2D eigenvalue weighted by Crippen LogP contribution is -2.21. The molecule has 1 aromatic heterocycles. The van der Waals surface area contributed by atoms with Gasteiger partial charge >= 0.3 is 5.97 Å². The van der Waals surface area contributed by atoms with Gasteiger partial charge < -0.3 is 10.1 Å². The summed E-state index contributed by atoms with van der Waals surface area (Å²) in [4.78, 5) is 27.3. The van der Waals surface area contributed by atoms with Crippen LogP contribution in [0.3, 0.4) is 0 Å². The van der Waals surface area contributed by atoms with Crippen molar-refractivity contribution in [3.63, 3.8) is 0 Å². The molecule has 0 aliphatic heterocycles. The van der Waals surface area contributed by atoms with Gasteiger partial charge in [-0.15, -0.1) is 0 Å². The van der Waals surface area contributed by atoms with E-state index in [4.69, 9.17) is 4.74 Å². The van der Waals surface area contributed by atoms with Crippen molar-refractivity contribution in [1.29, 1.82) is 0 Å². The van der Waals surface area contributed by atoms with Crippen molar-refractivity contribution in [3.05, 3.63) is 58.3 Å². The Kier molecular flexibility index (Phi) is 5.05. The minimum atomic E-state index is -0.555. The zero-order valence-corrected chi connectivity index (χ0v) is 12.9. The third-order valence-corrected chi connectivity index (χ3v) is 3.21. The third kappa shape index (κ3) is 4.39. The van der Waals surface area contributed by atoms with Crippen LogP contribution in [0, 0.1) is 6.92 Å². The maximum atomic E-state index is 11.8. The highest BCUT2D eigenvalue weighted by Crippen LogP contribution is 2.19. The lowest BCUT2D eigenvalue weighted by Gasteiger charge is -2.09. The summed E-state index contributed by atoms with van der Waals surface area (Å²) in [7, 11) is 0. The minimum Gasteiger partial charge on any atom is -0.452 e. The molecule has 0 bridgehead atoms. The van der Waals surface area contributed by atoms with Crippen molar-refractivity contribution < 1.29 is 14.3 Å². The minimum absolute atomic E-state index is 0.337. The van der Waals surface area contributed by atoms with Gasteiger partial charge in [-0.05, 0) is 42.8 Å². The largest absolute Gasteiger partial charge is 0.452 e. The Morgan fingerprint density at radius 3 is 2.62 bits per heavy atom. The van der Waals surface area contributed by atoms with Crippen LogP contribution in [0.5, 0.6) is 0 Å². The second-order valence-electron chi connectivity index (χ2n) is 4.32. The smallest absolute Gasteiger partial charge is 0.338 e. The molecule has 0 spiro atoms. The van der Waals surface area contributed by atoms with E-state index in [1.807, 2.05) is 19.1 Å². The van der Waals surface area contributed by atoms with E-state index in [-0.39, 0.29) is 12.5 Å². The number of hydrogen-bond donors (Lipinski definition) is 1. The summed E-state index contributed by atoms with van der Waals surface area (Å²) in [6, 6.07) is 8.55. The summed E-state index contributed by atoms with van der Waals surface area (Å²) in [5, 5.41) is 2.69. The second-order valence-corrected chi connectivity index (χ2v) is 5.24. The van der Waals surface area contributed by atoms with Gasteiger partial charge in [-0.25, -0.2) is 4.79 Å². The Morgan fingerprint density at radius 2 is 1.95 bits per heavy atom. The van der Waals surface area contributed by atoms with Gasteiger partial charge in [0.2, 0.25) is 0 Å². The number of carbonyl (C=O) groups is 2. The molecule has 0 saturated heterocycles. The Balaban J connectivity index is 1.89. The van der Waals surface area contributed by atoms with Crippen LogP contribution in [0.15, 0.2) is 47.2 Å². The number of nitrogens with zero attached hydrogens (tertiary/aromatic N) is 1. The fourth-order valence-electron chi connectivity index (χ4n) is 1.66. The number of hydrogen-bond acceptors (Lipinski definition) is 4. The van der Waals surface area contributed by atoms with Gasteiger partial charge in [-0.2, -0.15) is 0 Å². The maximum Gasteiger partial charge on any atom is 0.338 e. The highest BCUT2D eigenvalue weighted by atomic mass is 79.9. The fraction of sp³-hybridized carbons (Fsp3) is 0.133. The number of aromatic nitrogens is 1. The Bertz CT molecular complexity index is 659. The first kappa shape index (κ1) is 15.2. The van der Waals surface area contributed by atoms with Gasteiger partial charge in [0.1, 0.15) is 0 Å². The van der Waals surface area contributed by atoms with Gasteiger partial charge in [0, 0.05) is 22.6 Å². The molecule has 0 aliphatic carbocycles. The summed E-state index contributed by atoms with van der Waals surface area (Å²) in [6.07, 6.45) is 2.98. The molecule has 1 heterocycles. The molecule has 0 radical (unpaired) electrons. The number of esters is 1. The Hall–Kier alpha value is -2.21. The van der Waals surface area contributed by atoms with Crippen molar-refractivity contribution in [1.82, 2.24) is 4.98 Å². The lowest BCUT2D eigenvalue weighted by atomic mass is 10.2. The molecule has 108 valence electrons. The monoisotopic (exact) mass is 348 g/mol. The molecule has 1 amide bonds. The topological polar surface area (TPSA) is 68.3 Å². The van der Waals surface area contributed by atoms with E-state index >= 15 is 0 Å². The molecule has 0 saturated carbocycles. The highest BCUT2D eigenvalue weighted by molar-refractivity contribution is 9.10. The molecule has 5 nitrogen and oxygen atoms in total. The van der Waals surface area contributed by atoms with Gasteiger partial charge in [-0.1, -0.05) is 15.9 Å². The normalized spacial score (nSPS) is 10.0. The van der Waals surface area contributed by atoms with Crippen LogP contribution in [-0.2, 0) is 9.53 Å². The van der Waals surface area contributed by atoms with Crippen molar-refractivity contribution >= 4 is 33.5 Å². The van der Waals surface area contributed by atoms with Gasteiger partial charge in [0.25, 0.3) is 5.91 Å². The molecular formula is C15H13BrN2O3.